The van der Waals surface area contributed by atoms with Crippen molar-refractivity contribution in [3.05, 3.63) is 0 Å². The van der Waals surface area contributed by atoms with E-state index < -0.39 is 6.04 Å². The van der Waals surface area contributed by atoms with Crippen LogP contribution in [0.4, 0.5) is 0 Å². The van der Waals surface area contributed by atoms with E-state index in [1.165, 1.54) is 19.1 Å². The van der Waals surface area contributed by atoms with Crippen molar-refractivity contribution < 1.29 is 4.79 Å². The van der Waals surface area contributed by atoms with Crippen LogP contribution in [0.15, 0.2) is 0 Å². The van der Waals surface area contributed by atoms with Gasteiger partial charge in [0.2, 0.25) is 5.91 Å². The maximum Gasteiger partial charge on any atom is 0.241 e. The standard InChI is InChI=1S/C15H23N3O/c1-2-5-12-8-9-13(10-16)18(12)15(19)14(17)11-6-3-4-7-11/h10-14,16H,3-4,6-9,17H2,1H3/t12-,13-,14-/m0/s1. The Balaban J connectivity index is 2.12. The van der Waals surface area contributed by atoms with Gasteiger partial charge in [0.1, 0.15) is 0 Å². The Morgan fingerprint density at radius 1 is 1.37 bits per heavy atom. The van der Waals surface area contributed by atoms with Crippen molar-refractivity contribution >= 4 is 12.1 Å². The van der Waals surface area contributed by atoms with E-state index in [0.717, 1.165) is 25.7 Å². The third kappa shape index (κ3) is 2.82. The van der Waals surface area contributed by atoms with Crippen molar-refractivity contribution in [1.82, 2.24) is 4.90 Å². The van der Waals surface area contributed by atoms with E-state index in [9.17, 15) is 4.79 Å². The van der Waals surface area contributed by atoms with Crippen molar-refractivity contribution in [3.63, 3.8) is 0 Å². The highest BCUT2D eigenvalue weighted by Crippen LogP contribution is 2.30. The Morgan fingerprint density at radius 3 is 2.63 bits per heavy atom. The van der Waals surface area contributed by atoms with Gasteiger partial charge < -0.3 is 16.0 Å². The Hall–Kier alpha value is -1.34. The van der Waals surface area contributed by atoms with Crippen LogP contribution in [0.5, 0.6) is 0 Å². The number of carbonyl (C=O) groups excluding carboxylic acids is 1. The molecule has 4 nitrogen and oxygen atoms in total. The molecule has 1 aliphatic heterocycles. The summed E-state index contributed by atoms with van der Waals surface area (Å²) in [6.07, 6.45) is 7.50. The van der Waals surface area contributed by atoms with E-state index in [-0.39, 0.29) is 18.0 Å². The van der Waals surface area contributed by atoms with Crippen molar-refractivity contribution in [3.8, 4) is 11.8 Å². The number of carbonyl (C=O) groups is 1. The summed E-state index contributed by atoms with van der Waals surface area (Å²) in [5, 5.41) is 7.49. The summed E-state index contributed by atoms with van der Waals surface area (Å²) in [7, 11) is 0. The van der Waals surface area contributed by atoms with Gasteiger partial charge in [-0.1, -0.05) is 18.8 Å². The molecule has 3 N–H and O–H groups in total. The Morgan fingerprint density at radius 2 is 2.05 bits per heavy atom. The summed E-state index contributed by atoms with van der Waals surface area (Å²) in [6, 6.07) is -0.591. The van der Waals surface area contributed by atoms with Crippen LogP contribution in [0.2, 0.25) is 0 Å². The molecule has 1 saturated carbocycles. The predicted octanol–water partition coefficient (Wildman–Crippen LogP) is 1.54. The highest BCUT2D eigenvalue weighted by atomic mass is 16.2. The number of rotatable bonds is 3. The van der Waals surface area contributed by atoms with E-state index in [0.29, 0.717) is 5.92 Å². The van der Waals surface area contributed by atoms with Crippen molar-refractivity contribution in [2.45, 2.75) is 63.6 Å². The molecule has 1 aliphatic carbocycles. The minimum atomic E-state index is -0.413. The molecule has 2 rings (SSSR count). The molecule has 0 aromatic heterocycles. The molecular formula is C15H23N3O. The average molecular weight is 261 g/mol. The number of hydrogen-bond donors (Lipinski definition) is 2. The van der Waals surface area contributed by atoms with E-state index in [1.807, 2.05) is 0 Å². The second-order valence-corrected chi connectivity index (χ2v) is 5.54. The Labute approximate surface area is 115 Å². The van der Waals surface area contributed by atoms with Gasteiger partial charge in [-0.3, -0.25) is 4.79 Å². The molecule has 0 unspecified atom stereocenters. The van der Waals surface area contributed by atoms with Crippen LogP contribution in [-0.4, -0.2) is 35.1 Å². The van der Waals surface area contributed by atoms with Crippen LogP contribution in [0.3, 0.4) is 0 Å². The third-order valence-electron chi connectivity index (χ3n) is 4.38. The topological polar surface area (TPSA) is 70.2 Å². The van der Waals surface area contributed by atoms with Crippen LogP contribution < -0.4 is 5.73 Å². The molecule has 104 valence electrons. The van der Waals surface area contributed by atoms with Crippen molar-refractivity contribution in [2.75, 3.05) is 0 Å². The second-order valence-electron chi connectivity index (χ2n) is 5.54. The summed E-state index contributed by atoms with van der Waals surface area (Å²) in [6.45, 7) is 1.79. The highest BCUT2D eigenvalue weighted by Gasteiger charge is 2.39. The van der Waals surface area contributed by atoms with Crippen LogP contribution in [0, 0.1) is 23.2 Å². The van der Waals surface area contributed by atoms with Gasteiger partial charge in [-0.2, -0.15) is 0 Å². The Bertz CT molecular complexity index is 403. The lowest BCUT2D eigenvalue weighted by atomic mass is 9.97. The van der Waals surface area contributed by atoms with Gasteiger partial charge in [-0.15, -0.1) is 5.92 Å². The number of likely N-dealkylation sites (tertiary alicyclic amines) is 1. The summed E-state index contributed by atoms with van der Waals surface area (Å²) in [4.78, 5) is 14.4. The van der Waals surface area contributed by atoms with Crippen LogP contribution in [-0.2, 0) is 4.79 Å². The molecule has 0 aromatic carbocycles. The molecule has 1 amide bonds. The summed E-state index contributed by atoms with van der Waals surface area (Å²) in [5.41, 5.74) is 6.16. The van der Waals surface area contributed by atoms with Gasteiger partial charge in [0.25, 0.3) is 0 Å². The van der Waals surface area contributed by atoms with E-state index in [4.69, 9.17) is 11.1 Å². The van der Waals surface area contributed by atoms with Gasteiger partial charge >= 0.3 is 0 Å². The zero-order valence-electron chi connectivity index (χ0n) is 11.6. The number of hydrogen-bond acceptors (Lipinski definition) is 3. The smallest absolute Gasteiger partial charge is 0.241 e. The molecule has 1 saturated heterocycles. The number of nitrogens with two attached hydrogens (primary N) is 1. The lowest BCUT2D eigenvalue weighted by molar-refractivity contribution is -0.134. The van der Waals surface area contributed by atoms with Gasteiger partial charge in [0, 0.05) is 6.21 Å². The number of amides is 1. The van der Waals surface area contributed by atoms with E-state index >= 15 is 0 Å². The maximum atomic E-state index is 12.6. The first-order valence-corrected chi connectivity index (χ1v) is 7.19. The van der Waals surface area contributed by atoms with E-state index in [1.54, 1.807) is 11.8 Å². The summed E-state index contributed by atoms with van der Waals surface area (Å²) < 4.78 is 0. The molecule has 1 heterocycles. The lowest BCUT2D eigenvalue weighted by Gasteiger charge is -2.30. The zero-order valence-corrected chi connectivity index (χ0v) is 11.6. The minimum absolute atomic E-state index is 0.00866. The largest absolute Gasteiger partial charge is 0.320 e. The predicted molar refractivity (Wildman–Crippen MR) is 75.8 cm³/mol. The van der Waals surface area contributed by atoms with Gasteiger partial charge in [-0.05, 0) is 38.5 Å². The second kappa shape index (κ2) is 6.21. The average Bonchev–Trinajstić information content (AvgIpc) is 3.06. The number of nitrogens with one attached hydrogen (secondary N) is 1. The molecule has 4 heteroatoms. The van der Waals surface area contributed by atoms with Gasteiger partial charge in [0.15, 0.2) is 0 Å². The molecule has 0 aromatic rings. The lowest BCUT2D eigenvalue weighted by Crippen LogP contribution is -2.52. The van der Waals surface area contributed by atoms with Crippen molar-refractivity contribution in [1.29, 1.82) is 5.41 Å². The minimum Gasteiger partial charge on any atom is -0.320 e. The quantitative estimate of drug-likeness (QED) is 0.597. The zero-order chi connectivity index (χ0) is 13.8. The van der Waals surface area contributed by atoms with Crippen LogP contribution in [0.25, 0.3) is 0 Å². The fraction of sp³-hybridized carbons (Fsp3) is 0.733. The Kier molecular flexibility index (Phi) is 4.60. The summed E-state index contributed by atoms with van der Waals surface area (Å²) >= 11 is 0. The monoisotopic (exact) mass is 261 g/mol. The number of nitrogens with zero attached hydrogens (tertiary/aromatic N) is 1. The molecular weight excluding hydrogens is 238 g/mol. The molecule has 3 atom stereocenters. The van der Waals surface area contributed by atoms with Gasteiger partial charge in [-0.25, -0.2) is 0 Å². The van der Waals surface area contributed by atoms with Crippen LogP contribution >= 0.6 is 0 Å². The van der Waals surface area contributed by atoms with Crippen molar-refractivity contribution in [2.24, 2.45) is 11.7 Å². The highest BCUT2D eigenvalue weighted by molar-refractivity contribution is 5.86. The molecule has 2 aliphatic rings. The van der Waals surface area contributed by atoms with E-state index in [2.05, 4.69) is 11.8 Å². The molecule has 19 heavy (non-hydrogen) atoms. The third-order valence-corrected chi connectivity index (χ3v) is 4.38. The van der Waals surface area contributed by atoms with Crippen LogP contribution in [0.1, 0.15) is 45.4 Å². The maximum absolute atomic E-state index is 12.6. The first kappa shape index (κ1) is 14.1. The molecule has 0 spiro atoms. The molecule has 0 radical (unpaired) electrons. The molecule has 0 bridgehead atoms. The molecule has 2 fully saturated rings. The fourth-order valence-corrected chi connectivity index (χ4v) is 3.32. The summed E-state index contributed by atoms with van der Waals surface area (Å²) in [5.74, 6) is 6.28. The normalized spacial score (nSPS) is 28.8. The van der Waals surface area contributed by atoms with Gasteiger partial charge in [0.05, 0.1) is 18.1 Å². The SMILES string of the molecule is CC#C[C@H]1CC[C@@H](C=N)N1C(=O)[C@@H](N)C1CCCC1. The fourth-order valence-electron chi connectivity index (χ4n) is 3.32. The first-order valence-electron chi connectivity index (χ1n) is 7.19. The first-order chi connectivity index (χ1) is 9.19.